The lowest BCUT2D eigenvalue weighted by Gasteiger charge is -2.29. The van der Waals surface area contributed by atoms with Crippen LogP contribution < -0.4 is 15.4 Å². The maximum Gasteiger partial charge on any atom is 0.319 e. The second-order valence-electron chi connectivity index (χ2n) is 7.30. The fourth-order valence-electron chi connectivity index (χ4n) is 3.55. The Morgan fingerprint density at radius 1 is 1.00 bits per heavy atom. The third-order valence-corrected chi connectivity index (χ3v) is 6.69. The highest BCUT2D eigenvalue weighted by atomic mass is 32.2. The van der Waals surface area contributed by atoms with Crippen LogP contribution in [0.4, 0.5) is 10.5 Å². The van der Waals surface area contributed by atoms with Crippen LogP contribution in [-0.4, -0.2) is 51.6 Å². The molecule has 26 heavy (non-hydrogen) atoms. The molecule has 8 heteroatoms. The van der Waals surface area contributed by atoms with E-state index in [0.29, 0.717) is 5.69 Å². The fourth-order valence-corrected chi connectivity index (χ4v) is 4.86. The zero-order valence-corrected chi connectivity index (χ0v) is 16.0. The third-order valence-electron chi connectivity index (χ3n) is 5.15. The molecule has 1 aliphatic heterocycles. The second kappa shape index (κ2) is 8.37. The summed E-state index contributed by atoms with van der Waals surface area (Å²) < 4.78 is 27.6. The van der Waals surface area contributed by atoms with Gasteiger partial charge in [-0.1, -0.05) is 12.8 Å². The first kappa shape index (κ1) is 19.1. The summed E-state index contributed by atoms with van der Waals surface area (Å²) in [6.07, 6.45) is 5.82. The zero-order valence-electron chi connectivity index (χ0n) is 15.2. The summed E-state index contributed by atoms with van der Waals surface area (Å²) in [5.41, 5.74) is 0.579. The molecule has 2 aliphatic rings. The average Bonchev–Trinajstić information content (AvgIpc) is 3.09. The second-order valence-corrected chi connectivity index (χ2v) is 9.02. The van der Waals surface area contributed by atoms with E-state index in [1.54, 1.807) is 12.1 Å². The molecule has 0 spiro atoms. The Bertz CT molecular complexity index is 706. The Kier molecular flexibility index (Phi) is 6.16. The number of nitrogens with zero attached hydrogens (tertiary/aromatic N) is 1. The number of hydrogen-bond donors (Lipinski definition) is 3. The molecule has 0 bridgehead atoms. The van der Waals surface area contributed by atoms with Crippen molar-refractivity contribution in [1.82, 2.24) is 14.9 Å². The molecule has 0 aromatic heterocycles. The summed E-state index contributed by atoms with van der Waals surface area (Å²) in [5, 5.41) is 5.75. The van der Waals surface area contributed by atoms with Crippen LogP contribution in [0.1, 0.15) is 38.5 Å². The van der Waals surface area contributed by atoms with E-state index in [-0.39, 0.29) is 23.0 Å². The predicted molar refractivity (Wildman–Crippen MR) is 102 cm³/mol. The number of carbonyl (C=O) groups excluding carboxylic acids is 1. The maximum absolute atomic E-state index is 12.4. The van der Waals surface area contributed by atoms with Crippen molar-refractivity contribution in [3.05, 3.63) is 24.3 Å². The van der Waals surface area contributed by atoms with Crippen LogP contribution >= 0.6 is 0 Å². The molecule has 0 unspecified atom stereocenters. The van der Waals surface area contributed by atoms with Gasteiger partial charge in [0.1, 0.15) is 0 Å². The number of nitrogens with one attached hydrogen (secondary N) is 3. The van der Waals surface area contributed by atoms with Crippen molar-refractivity contribution >= 4 is 21.7 Å². The normalized spacial score (nSPS) is 20.2. The van der Waals surface area contributed by atoms with E-state index >= 15 is 0 Å². The summed E-state index contributed by atoms with van der Waals surface area (Å²) in [6, 6.07) is 6.28. The van der Waals surface area contributed by atoms with Gasteiger partial charge >= 0.3 is 6.03 Å². The van der Waals surface area contributed by atoms with Gasteiger partial charge in [-0.05, 0) is 70.1 Å². The third kappa shape index (κ3) is 5.18. The highest BCUT2D eigenvalue weighted by Gasteiger charge is 2.23. The number of likely N-dealkylation sites (tertiary alicyclic amines) is 1. The number of anilines is 1. The van der Waals surface area contributed by atoms with Crippen molar-refractivity contribution in [3.63, 3.8) is 0 Å². The summed E-state index contributed by atoms with van der Waals surface area (Å²) in [4.78, 5) is 14.6. The molecule has 3 N–H and O–H groups in total. The molecule has 0 atom stereocenters. The van der Waals surface area contributed by atoms with Gasteiger partial charge in [-0.15, -0.1) is 0 Å². The Hall–Kier alpha value is -1.64. The molecule has 0 radical (unpaired) electrons. The average molecular weight is 381 g/mol. The smallest absolute Gasteiger partial charge is 0.319 e. The van der Waals surface area contributed by atoms with Gasteiger partial charge in [-0.3, -0.25) is 0 Å². The molecule has 3 rings (SSSR count). The molecular weight excluding hydrogens is 352 g/mol. The van der Waals surface area contributed by atoms with Crippen LogP contribution in [-0.2, 0) is 10.0 Å². The number of sulfonamides is 1. The first-order chi connectivity index (χ1) is 12.4. The van der Waals surface area contributed by atoms with Gasteiger partial charge in [-0.25, -0.2) is 17.9 Å². The Morgan fingerprint density at radius 2 is 1.62 bits per heavy atom. The summed E-state index contributed by atoms with van der Waals surface area (Å²) in [7, 11) is -1.42. The number of hydrogen-bond acceptors (Lipinski definition) is 4. The highest BCUT2D eigenvalue weighted by molar-refractivity contribution is 7.89. The minimum absolute atomic E-state index is 0.0399. The number of amides is 2. The molecule has 1 aromatic carbocycles. The lowest BCUT2D eigenvalue weighted by Crippen LogP contribution is -2.44. The van der Waals surface area contributed by atoms with Crippen LogP contribution in [0, 0.1) is 0 Å². The van der Waals surface area contributed by atoms with Gasteiger partial charge in [0.2, 0.25) is 10.0 Å². The van der Waals surface area contributed by atoms with Gasteiger partial charge in [0.25, 0.3) is 0 Å². The van der Waals surface area contributed by atoms with E-state index in [1.165, 1.54) is 12.1 Å². The van der Waals surface area contributed by atoms with Crippen LogP contribution in [0.5, 0.6) is 0 Å². The van der Waals surface area contributed by atoms with Gasteiger partial charge in [-0.2, -0.15) is 0 Å². The van der Waals surface area contributed by atoms with Crippen molar-refractivity contribution in [3.8, 4) is 0 Å². The number of urea groups is 1. The summed E-state index contributed by atoms with van der Waals surface area (Å²) in [5.74, 6) is 0. The number of carbonyl (C=O) groups is 1. The number of piperidine rings is 1. The molecule has 2 amide bonds. The molecule has 2 fully saturated rings. The first-order valence-electron chi connectivity index (χ1n) is 9.31. The van der Waals surface area contributed by atoms with E-state index in [2.05, 4.69) is 27.3 Å². The molecule has 1 saturated carbocycles. The van der Waals surface area contributed by atoms with Crippen LogP contribution in [0.2, 0.25) is 0 Å². The van der Waals surface area contributed by atoms with Crippen molar-refractivity contribution in [2.24, 2.45) is 0 Å². The summed E-state index contributed by atoms with van der Waals surface area (Å²) >= 11 is 0. The topological polar surface area (TPSA) is 90.5 Å². The highest BCUT2D eigenvalue weighted by Crippen LogP contribution is 2.21. The largest absolute Gasteiger partial charge is 0.335 e. The van der Waals surface area contributed by atoms with E-state index in [0.717, 1.165) is 51.6 Å². The SMILES string of the molecule is CN1CCC(NC(=O)Nc2ccc(S(=O)(=O)NC3CCCC3)cc2)CC1. The van der Waals surface area contributed by atoms with Gasteiger partial charge in [0, 0.05) is 17.8 Å². The molecule has 1 aliphatic carbocycles. The standard InChI is InChI=1S/C18H28N4O3S/c1-22-12-10-15(11-13-22)20-18(23)19-14-6-8-17(9-7-14)26(24,25)21-16-4-2-3-5-16/h6-9,15-16,21H,2-5,10-13H2,1H3,(H2,19,20,23). The molecule has 1 aromatic rings. The van der Waals surface area contributed by atoms with E-state index in [4.69, 9.17) is 0 Å². The van der Waals surface area contributed by atoms with Crippen molar-refractivity contribution in [2.75, 3.05) is 25.5 Å². The van der Waals surface area contributed by atoms with E-state index in [9.17, 15) is 13.2 Å². The van der Waals surface area contributed by atoms with Crippen molar-refractivity contribution in [1.29, 1.82) is 0 Å². The minimum Gasteiger partial charge on any atom is -0.335 e. The molecular formula is C18H28N4O3S. The zero-order chi connectivity index (χ0) is 18.6. The van der Waals surface area contributed by atoms with Gasteiger partial charge in [0.15, 0.2) is 0 Å². The van der Waals surface area contributed by atoms with Crippen LogP contribution in [0.15, 0.2) is 29.2 Å². The Labute approximate surface area is 155 Å². The van der Waals surface area contributed by atoms with Crippen LogP contribution in [0.25, 0.3) is 0 Å². The number of rotatable bonds is 5. The monoisotopic (exact) mass is 380 g/mol. The van der Waals surface area contributed by atoms with E-state index < -0.39 is 10.0 Å². The fraction of sp³-hybridized carbons (Fsp3) is 0.611. The van der Waals surface area contributed by atoms with Crippen LogP contribution in [0.3, 0.4) is 0 Å². The lowest BCUT2D eigenvalue weighted by molar-refractivity contribution is 0.221. The van der Waals surface area contributed by atoms with E-state index in [1.807, 2.05) is 0 Å². The quantitative estimate of drug-likeness (QED) is 0.730. The maximum atomic E-state index is 12.4. The molecule has 1 heterocycles. The lowest BCUT2D eigenvalue weighted by atomic mass is 10.1. The Balaban J connectivity index is 1.52. The molecule has 1 saturated heterocycles. The predicted octanol–water partition coefficient (Wildman–Crippen LogP) is 2.12. The van der Waals surface area contributed by atoms with Gasteiger partial charge < -0.3 is 15.5 Å². The number of benzene rings is 1. The minimum atomic E-state index is -3.50. The Morgan fingerprint density at radius 3 is 2.23 bits per heavy atom. The van der Waals surface area contributed by atoms with Crippen molar-refractivity contribution in [2.45, 2.75) is 55.5 Å². The first-order valence-corrected chi connectivity index (χ1v) is 10.8. The van der Waals surface area contributed by atoms with Gasteiger partial charge in [0.05, 0.1) is 4.90 Å². The summed E-state index contributed by atoms with van der Waals surface area (Å²) in [6.45, 7) is 1.96. The molecule has 7 nitrogen and oxygen atoms in total. The van der Waals surface area contributed by atoms with Crippen molar-refractivity contribution < 1.29 is 13.2 Å². The molecule has 144 valence electrons.